The molecule has 1 atom stereocenters. The van der Waals surface area contributed by atoms with E-state index in [0.717, 1.165) is 6.42 Å². The highest BCUT2D eigenvalue weighted by atomic mass is 14.9. The van der Waals surface area contributed by atoms with Gasteiger partial charge in [-0.15, -0.1) is 0 Å². The fourth-order valence-corrected chi connectivity index (χ4v) is 1.87. The van der Waals surface area contributed by atoms with Crippen LogP contribution in [-0.4, -0.2) is 13.1 Å². The molecule has 1 aromatic carbocycles. The van der Waals surface area contributed by atoms with Crippen LogP contribution in [0.5, 0.6) is 0 Å². The van der Waals surface area contributed by atoms with Crippen LogP contribution < -0.4 is 5.32 Å². The molecule has 1 N–H and O–H groups in total. The summed E-state index contributed by atoms with van der Waals surface area (Å²) in [7, 11) is 2.02. The van der Waals surface area contributed by atoms with Gasteiger partial charge in [-0.3, -0.25) is 0 Å². The quantitative estimate of drug-likeness (QED) is 0.771. The molecule has 0 spiro atoms. The van der Waals surface area contributed by atoms with Gasteiger partial charge in [-0.25, -0.2) is 0 Å². The van der Waals surface area contributed by atoms with Gasteiger partial charge in [0.15, 0.2) is 0 Å². The zero-order chi connectivity index (χ0) is 10.6. The summed E-state index contributed by atoms with van der Waals surface area (Å²) in [6.45, 7) is 6.83. The number of benzene rings is 1. The number of rotatable bonds is 4. The molecule has 0 radical (unpaired) electrons. The molecular formula is C13H21N. The SMILES string of the molecule is CN[C@@H](C)CC(C)(C)c1ccccc1. The summed E-state index contributed by atoms with van der Waals surface area (Å²) in [5.74, 6) is 0. The lowest BCUT2D eigenvalue weighted by Gasteiger charge is -2.28. The molecule has 0 saturated heterocycles. The molecule has 1 heteroatoms. The van der Waals surface area contributed by atoms with Crippen molar-refractivity contribution in [2.75, 3.05) is 7.05 Å². The van der Waals surface area contributed by atoms with Crippen LogP contribution in [0.4, 0.5) is 0 Å². The van der Waals surface area contributed by atoms with Gasteiger partial charge in [0.25, 0.3) is 0 Å². The van der Waals surface area contributed by atoms with Gasteiger partial charge in [-0.1, -0.05) is 44.2 Å². The molecule has 0 amide bonds. The highest BCUT2D eigenvalue weighted by Gasteiger charge is 2.22. The van der Waals surface area contributed by atoms with Gasteiger partial charge in [0.05, 0.1) is 0 Å². The lowest BCUT2D eigenvalue weighted by molar-refractivity contribution is 0.405. The summed E-state index contributed by atoms with van der Waals surface area (Å²) in [4.78, 5) is 0. The van der Waals surface area contributed by atoms with Crippen LogP contribution in [0.25, 0.3) is 0 Å². The minimum atomic E-state index is 0.254. The van der Waals surface area contributed by atoms with E-state index in [2.05, 4.69) is 56.4 Å². The van der Waals surface area contributed by atoms with Gasteiger partial charge in [0, 0.05) is 6.04 Å². The molecule has 0 aliphatic carbocycles. The summed E-state index contributed by atoms with van der Waals surface area (Å²) in [6, 6.07) is 11.3. The van der Waals surface area contributed by atoms with Crippen molar-refractivity contribution in [3.8, 4) is 0 Å². The van der Waals surface area contributed by atoms with Crippen molar-refractivity contribution in [1.29, 1.82) is 0 Å². The maximum atomic E-state index is 3.29. The van der Waals surface area contributed by atoms with Crippen LogP contribution in [0.1, 0.15) is 32.8 Å². The normalized spacial score (nSPS) is 14.0. The summed E-state index contributed by atoms with van der Waals surface area (Å²) < 4.78 is 0. The first-order valence-electron chi connectivity index (χ1n) is 5.29. The van der Waals surface area contributed by atoms with E-state index in [1.54, 1.807) is 0 Å². The second-order valence-electron chi connectivity index (χ2n) is 4.64. The molecule has 0 unspecified atom stereocenters. The minimum absolute atomic E-state index is 0.254. The van der Waals surface area contributed by atoms with Crippen molar-refractivity contribution in [3.05, 3.63) is 35.9 Å². The fraction of sp³-hybridized carbons (Fsp3) is 0.538. The lowest BCUT2D eigenvalue weighted by atomic mass is 9.79. The molecule has 0 aromatic heterocycles. The highest BCUT2D eigenvalue weighted by Crippen LogP contribution is 2.27. The molecule has 1 rings (SSSR count). The molecule has 0 aliphatic rings. The average Bonchev–Trinajstić information content (AvgIpc) is 2.18. The van der Waals surface area contributed by atoms with E-state index in [-0.39, 0.29) is 5.41 Å². The maximum absolute atomic E-state index is 3.29. The standard InChI is InChI=1S/C13H21N/c1-11(14-4)10-13(2,3)12-8-6-5-7-9-12/h5-9,11,14H,10H2,1-4H3/t11-/m0/s1. The molecule has 1 aromatic rings. The third-order valence-electron chi connectivity index (χ3n) is 2.86. The fourth-order valence-electron chi connectivity index (χ4n) is 1.87. The van der Waals surface area contributed by atoms with Gasteiger partial charge in [0.2, 0.25) is 0 Å². The molecular weight excluding hydrogens is 170 g/mol. The Morgan fingerprint density at radius 1 is 1.21 bits per heavy atom. The topological polar surface area (TPSA) is 12.0 Å². The summed E-state index contributed by atoms with van der Waals surface area (Å²) in [6.07, 6.45) is 1.16. The van der Waals surface area contributed by atoms with Crippen LogP contribution in [0.2, 0.25) is 0 Å². The monoisotopic (exact) mass is 191 g/mol. The Labute approximate surface area is 87.5 Å². The number of hydrogen-bond acceptors (Lipinski definition) is 1. The Morgan fingerprint density at radius 3 is 2.29 bits per heavy atom. The Bertz CT molecular complexity index is 264. The van der Waals surface area contributed by atoms with E-state index in [1.165, 1.54) is 5.56 Å². The molecule has 0 aliphatic heterocycles. The van der Waals surface area contributed by atoms with Gasteiger partial charge in [-0.05, 0) is 31.4 Å². The van der Waals surface area contributed by atoms with Crippen LogP contribution in [-0.2, 0) is 5.41 Å². The van der Waals surface area contributed by atoms with Crippen LogP contribution in [0, 0.1) is 0 Å². The van der Waals surface area contributed by atoms with Crippen molar-refractivity contribution in [2.24, 2.45) is 0 Å². The predicted molar refractivity (Wildman–Crippen MR) is 62.6 cm³/mol. The smallest absolute Gasteiger partial charge is 0.00440 e. The van der Waals surface area contributed by atoms with E-state index in [9.17, 15) is 0 Å². The van der Waals surface area contributed by atoms with Gasteiger partial charge in [0.1, 0.15) is 0 Å². The minimum Gasteiger partial charge on any atom is -0.317 e. The lowest BCUT2D eigenvalue weighted by Crippen LogP contribution is -2.30. The van der Waals surface area contributed by atoms with E-state index < -0.39 is 0 Å². The first kappa shape index (κ1) is 11.3. The Balaban J connectivity index is 2.75. The molecule has 1 nitrogen and oxygen atoms in total. The average molecular weight is 191 g/mol. The van der Waals surface area contributed by atoms with Gasteiger partial charge in [-0.2, -0.15) is 0 Å². The second kappa shape index (κ2) is 4.61. The maximum Gasteiger partial charge on any atom is 0.00440 e. The van der Waals surface area contributed by atoms with Crippen molar-refractivity contribution in [2.45, 2.75) is 38.6 Å². The van der Waals surface area contributed by atoms with Crippen LogP contribution in [0.3, 0.4) is 0 Å². The van der Waals surface area contributed by atoms with E-state index in [1.807, 2.05) is 7.05 Å². The molecule has 0 saturated carbocycles. The predicted octanol–water partition coefficient (Wildman–Crippen LogP) is 2.96. The Kier molecular flexibility index (Phi) is 3.70. The van der Waals surface area contributed by atoms with E-state index >= 15 is 0 Å². The number of nitrogens with one attached hydrogen (secondary N) is 1. The Hall–Kier alpha value is -0.820. The summed E-state index contributed by atoms with van der Waals surface area (Å²) >= 11 is 0. The summed E-state index contributed by atoms with van der Waals surface area (Å²) in [5, 5.41) is 3.29. The van der Waals surface area contributed by atoms with Crippen LogP contribution >= 0.6 is 0 Å². The highest BCUT2D eigenvalue weighted by molar-refractivity contribution is 5.23. The van der Waals surface area contributed by atoms with Gasteiger partial charge < -0.3 is 5.32 Å². The van der Waals surface area contributed by atoms with Crippen molar-refractivity contribution in [3.63, 3.8) is 0 Å². The zero-order valence-corrected chi connectivity index (χ0v) is 9.67. The Morgan fingerprint density at radius 2 is 1.79 bits per heavy atom. The summed E-state index contributed by atoms with van der Waals surface area (Å²) in [5.41, 5.74) is 1.67. The van der Waals surface area contributed by atoms with Crippen molar-refractivity contribution in [1.82, 2.24) is 5.32 Å². The van der Waals surface area contributed by atoms with Crippen molar-refractivity contribution >= 4 is 0 Å². The first-order valence-corrected chi connectivity index (χ1v) is 5.29. The molecule has 78 valence electrons. The number of hydrogen-bond donors (Lipinski definition) is 1. The molecule has 0 bridgehead atoms. The second-order valence-corrected chi connectivity index (χ2v) is 4.64. The zero-order valence-electron chi connectivity index (χ0n) is 9.67. The van der Waals surface area contributed by atoms with E-state index in [4.69, 9.17) is 0 Å². The van der Waals surface area contributed by atoms with E-state index in [0.29, 0.717) is 6.04 Å². The molecule has 14 heavy (non-hydrogen) atoms. The molecule has 0 heterocycles. The third-order valence-corrected chi connectivity index (χ3v) is 2.86. The third kappa shape index (κ3) is 2.85. The van der Waals surface area contributed by atoms with Crippen molar-refractivity contribution < 1.29 is 0 Å². The first-order chi connectivity index (χ1) is 6.56. The largest absolute Gasteiger partial charge is 0.317 e. The van der Waals surface area contributed by atoms with Crippen LogP contribution in [0.15, 0.2) is 30.3 Å². The van der Waals surface area contributed by atoms with Gasteiger partial charge >= 0.3 is 0 Å². The molecule has 0 fully saturated rings.